The summed E-state index contributed by atoms with van der Waals surface area (Å²) in [6.45, 7) is 2.63. The summed E-state index contributed by atoms with van der Waals surface area (Å²) in [5, 5.41) is 8.91. The molecule has 1 aromatic heterocycles. The average Bonchev–Trinajstić information content (AvgIpc) is 2.96. The second kappa shape index (κ2) is 5.48. The van der Waals surface area contributed by atoms with Gasteiger partial charge >= 0.3 is 0 Å². The van der Waals surface area contributed by atoms with Crippen LogP contribution in [0, 0.1) is 0 Å². The Labute approximate surface area is 119 Å². The highest BCUT2D eigenvalue weighted by Gasteiger charge is 2.36. The second-order valence-electron chi connectivity index (χ2n) is 5.43. The first-order valence-electron chi connectivity index (χ1n) is 7.05. The fraction of sp³-hybridized carbons (Fsp3) is 0.692. The Morgan fingerprint density at radius 1 is 1.25 bits per heavy atom. The lowest BCUT2D eigenvalue weighted by Gasteiger charge is -2.43. The van der Waals surface area contributed by atoms with Gasteiger partial charge in [-0.05, 0) is 31.5 Å². The molecule has 7 heteroatoms. The minimum absolute atomic E-state index is 0.0641. The van der Waals surface area contributed by atoms with Crippen LogP contribution in [0.1, 0.15) is 25.0 Å². The van der Waals surface area contributed by atoms with Crippen LogP contribution in [0.25, 0.3) is 0 Å². The molecule has 0 bridgehead atoms. The maximum Gasteiger partial charge on any atom is 0.276 e. The van der Waals surface area contributed by atoms with E-state index in [1.807, 2.05) is 0 Å². The van der Waals surface area contributed by atoms with Gasteiger partial charge in [-0.1, -0.05) is 6.42 Å². The Bertz CT molecular complexity index is 569. The normalized spacial score (nSPS) is 25.6. The van der Waals surface area contributed by atoms with E-state index in [2.05, 4.69) is 4.90 Å². The van der Waals surface area contributed by atoms with Gasteiger partial charge in [0.25, 0.3) is 10.0 Å². The quantitative estimate of drug-likeness (QED) is 0.886. The molecule has 0 amide bonds. The van der Waals surface area contributed by atoms with Crippen molar-refractivity contribution in [2.75, 3.05) is 26.2 Å². The highest BCUT2D eigenvalue weighted by Crippen LogP contribution is 2.26. The van der Waals surface area contributed by atoms with Crippen molar-refractivity contribution in [1.29, 1.82) is 0 Å². The summed E-state index contributed by atoms with van der Waals surface area (Å²) in [7, 11) is -3.57. The van der Waals surface area contributed by atoms with Gasteiger partial charge in [0.05, 0.1) is 0 Å². The number of hydrogen-bond donors (Lipinski definition) is 1. The maximum atomic E-state index is 12.5. The van der Waals surface area contributed by atoms with E-state index in [0.717, 1.165) is 19.5 Å². The third-order valence-electron chi connectivity index (χ3n) is 4.19. The van der Waals surface area contributed by atoms with Gasteiger partial charge in [0, 0.05) is 25.7 Å². The van der Waals surface area contributed by atoms with Crippen molar-refractivity contribution < 1.29 is 17.9 Å². The van der Waals surface area contributed by atoms with Crippen LogP contribution in [0.2, 0.25) is 0 Å². The lowest BCUT2D eigenvalue weighted by molar-refractivity contribution is 0.0844. The second-order valence-corrected chi connectivity index (χ2v) is 7.30. The van der Waals surface area contributed by atoms with Crippen molar-refractivity contribution in [3.63, 3.8) is 0 Å². The van der Waals surface area contributed by atoms with Crippen molar-refractivity contribution in [2.45, 2.75) is 37.0 Å². The van der Waals surface area contributed by atoms with Crippen LogP contribution < -0.4 is 0 Å². The highest BCUT2D eigenvalue weighted by molar-refractivity contribution is 7.89. The van der Waals surface area contributed by atoms with E-state index in [1.54, 1.807) is 0 Å². The summed E-state index contributed by atoms with van der Waals surface area (Å²) in [4.78, 5) is 2.39. The largest absolute Gasteiger partial charge is 0.446 e. The summed E-state index contributed by atoms with van der Waals surface area (Å²) in [6.07, 6.45) is 3.44. The van der Waals surface area contributed by atoms with Gasteiger partial charge in [0.15, 0.2) is 0 Å². The van der Waals surface area contributed by atoms with Crippen LogP contribution in [-0.2, 0) is 16.6 Å². The molecule has 0 saturated carbocycles. The summed E-state index contributed by atoms with van der Waals surface area (Å²) in [5.41, 5.74) is 0. The number of fused-ring (bicyclic) bond motifs is 1. The van der Waals surface area contributed by atoms with Crippen LogP contribution in [0.5, 0.6) is 0 Å². The fourth-order valence-corrected chi connectivity index (χ4v) is 4.45. The monoisotopic (exact) mass is 300 g/mol. The maximum absolute atomic E-state index is 12.5. The number of hydrogen-bond acceptors (Lipinski definition) is 5. The minimum atomic E-state index is -3.57. The molecule has 20 heavy (non-hydrogen) atoms. The first-order valence-corrected chi connectivity index (χ1v) is 8.49. The van der Waals surface area contributed by atoms with E-state index in [-0.39, 0.29) is 17.5 Å². The van der Waals surface area contributed by atoms with Crippen LogP contribution >= 0.6 is 0 Å². The van der Waals surface area contributed by atoms with Gasteiger partial charge in [-0.3, -0.25) is 4.90 Å². The van der Waals surface area contributed by atoms with E-state index in [0.29, 0.717) is 19.1 Å². The zero-order valence-corrected chi connectivity index (χ0v) is 12.2. The number of piperidine rings is 1. The Balaban J connectivity index is 1.77. The predicted molar refractivity (Wildman–Crippen MR) is 72.6 cm³/mol. The molecule has 6 nitrogen and oxygen atoms in total. The van der Waals surface area contributed by atoms with E-state index >= 15 is 0 Å². The Hall–Kier alpha value is -0.890. The first kappa shape index (κ1) is 14.1. The third-order valence-corrected chi connectivity index (χ3v) is 5.93. The number of nitrogens with zero attached hydrogens (tertiary/aromatic N) is 2. The van der Waals surface area contributed by atoms with Crippen molar-refractivity contribution >= 4 is 10.0 Å². The lowest BCUT2D eigenvalue weighted by atomic mass is 10.0. The SMILES string of the molecule is O=S(=O)(c1ccc(CO)o1)N1CCN2CCCCC2C1. The molecule has 112 valence electrons. The molecule has 3 heterocycles. The molecule has 0 spiro atoms. The number of sulfonamides is 1. The molecule has 1 aromatic rings. The van der Waals surface area contributed by atoms with E-state index < -0.39 is 10.0 Å². The van der Waals surface area contributed by atoms with Gasteiger partial charge in [-0.2, -0.15) is 4.31 Å². The number of piperazine rings is 1. The van der Waals surface area contributed by atoms with Gasteiger partial charge in [-0.15, -0.1) is 0 Å². The summed E-state index contributed by atoms with van der Waals surface area (Å²) >= 11 is 0. The molecule has 2 aliphatic rings. The molecule has 2 saturated heterocycles. The standard InChI is InChI=1S/C13H20N2O4S/c16-10-12-4-5-13(19-12)20(17,18)15-8-7-14-6-2-1-3-11(14)9-15/h4-5,11,16H,1-3,6-10H2. The molecule has 2 aliphatic heterocycles. The molecule has 0 aliphatic carbocycles. The predicted octanol–water partition coefficient (Wildman–Crippen LogP) is 0.631. The van der Waals surface area contributed by atoms with Crippen LogP contribution in [-0.4, -0.2) is 55.0 Å². The van der Waals surface area contributed by atoms with Gasteiger partial charge in [0.1, 0.15) is 12.4 Å². The van der Waals surface area contributed by atoms with Crippen molar-refractivity contribution in [3.05, 3.63) is 17.9 Å². The van der Waals surface area contributed by atoms with Crippen molar-refractivity contribution in [3.8, 4) is 0 Å². The zero-order chi connectivity index (χ0) is 14.2. The third kappa shape index (κ3) is 2.50. The molecule has 2 fully saturated rings. The van der Waals surface area contributed by atoms with Crippen LogP contribution in [0.4, 0.5) is 0 Å². The van der Waals surface area contributed by atoms with Gasteiger partial charge in [0.2, 0.25) is 5.09 Å². The lowest BCUT2D eigenvalue weighted by Crippen LogP contribution is -2.56. The van der Waals surface area contributed by atoms with Crippen molar-refractivity contribution in [2.24, 2.45) is 0 Å². The molecular weight excluding hydrogens is 280 g/mol. The zero-order valence-electron chi connectivity index (χ0n) is 11.4. The Kier molecular flexibility index (Phi) is 3.85. The first-order chi connectivity index (χ1) is 9.61. The Morgan fingerprint density at radius 3 is 2.85 bits per heavy atom. The Morgan fingerprint density at radius 2 is 2.10 bits per heavy atom. The number of aliphatic hydroxyl groups excluding tert-OH is 1. The van der Waals surface area contributed by atoms with Crippen LogP contribution in [0.3, 0.4) is 0 Å². The molecule has 1 unspecified atom stereocenters. The number of furan rings is 1. The van der Waals surface area contributed by atoms with Gasteiger partial charge in [-0.25, -0.2) is 8.42 Å². The summed E-state index contributed by atoms with van der Waals surface area (Å²) in [5.74, 6) is 0.278. The fourth-order valence-electron chi connectivity index (χ4n) is 3.05. The van der Waals surface area contributed by atoms with E-state index in [1.165, 1.54) is 29.3 Å². The number of rotatable bonds is 3. The summed E-state index contributed by atoms with van der Waals surface area (Å²) < 4.78 is 31.8. The van der Waals surface area contributed by atoms with E-state index in [9.17, 15) is 8.42 Å². The number of aliphatic hydroxyl groups is 1. The minimum Gasteiger partial charge on any atom is -0.446 e. The molecule has 0 radical (unpaired) electrons. The summed E-state index contributed by atoms with van der Waals surface area (Å²) in [6, 6.07) is 3.26. The topological polar surface area (TPSA) is 74.0 Å². The molecular formula is C13H20N2O4S. The highest BCUT2D eigenvalue weighted by atomic mass is 32.2. The molecule has 3 rings (SSSR count). The average molecular weight is 300 g/mol. The van der Waals surface area contributed by atoms with Crippen LogP contribution in [0.15, 0.2) is 21.6 Å². The smallest absolute Gasteiger partial charge is 0.276 e. The molecule has 0 aromatic carbocycles. The van der Waals surface area contributed by atoms with E-state index in [4.69, 9.17) is 9.52 Å². The van der Waals surface area contributed by atoms with Crippen molar-refractivity contribution in [1.82, 2.24) is 9.21 Å². The van der Waals surface area contributed by atoms with Gasteiger partial charge < -0.3 is 9.52 Å². The molecule has 1 atom stereocenters. The molecule has 1 N–H and O–H groups in total.